The first-order valence-corrected chi connectivity index (χ1v) is 6.65. The third kappa shape index (κ3) is 3.22. The first kappa shape index (κ1) is 12.4. The van der Waals surface area contributed by atoms with E-state index in [0.717, 1.165) is 30.2 Å². The maximum absolute atomic E-state index is 11.9. The Morgan fingerprint density at radius 3 is 2.71 bits per heavy atom. The van der Waals surface area contributed by atoms with Crippen LogP contribution in [0.4, 0.5) is 0 Å². The van der Waals surface area contributed by atoms with Crippen LogP contribution < -0.4 is 0 Å². The minimum absolute atomic E-state index is 0.00892. The number of phenolic OH excluding ortho intramolecular Hbond substituents is 1. The van der Waals surface area contributed by atoms with Gasteiger partial charge in [0.25, 0.3) is 0 Å². The number of carbonyl (C=O) groups excluding carboxylic acids is 1. The van der Waals surface area contributed by atoms with E-state index in [1.807, 2.05) is 0 Å². The highest BCUT2D eigenvalue weighted by atomic mass is 79.9. The van der Waals surface area contributed by atoms with Crippen molar-refractivity contribution >= 4 is 21.9 Å². The average molecular weight is 299 g/mol. The maximum atomic E-state index is 11.9. The summed E-state index contributed by atoms with van der Waals surface area (Å²) in [5, 5.41) is 9.61. The summed E-state index contributed by atoms with van der Waals surface area (Å²) >= 11 is 3.27. The Balaban J connectivity index is 2.05. The van der Waals surface area contributed by atoms with Crippen LogP contribution in [0.25, 0.3) is 0 Å². The molecule has 17 heavy (non-hydrogen) atoms. The largest absolute Gasteiger partial charge is 0.507 e. The van der Waals surface area contributed by atoms with E-state index in [4.69, 9.17) is 4.74 Å². The van der Waals surface area contributed by atoms with Crippen LogP contribution in [0.5, 0.6) is 5.75 Å². The molecule has 3 nitrogen and oxygen atoms in total. The number of halogens is 1. The third-order valence-electron chi connectivity index (χ3n) is 3.00. The number of rotatable bonds is 2. The molecule has 1 aliphatic carbocycles. The van der Waals surface area contributed by atoms with Crippen molar-refractivity contribution in [2.45, 2.75) is 38.2 Å². The summed E-state index contributed by atoms with van der Waals surface area (Å²) in [7, 11) is 0. The van der Waals surface area contributed by atoms with E-state index in [9.17, 15) is 9.90 Å². The molecule has 4 heteroatoms. The van der Waals surface area contributed by atoms with Crippen LogP contribution in [-0.2, 0) is 4.74 Å². The number of hydrogen-bond donors (Lipinski definition) is 1. The zero-order chi connectivity index (χ0) is 12.3. The zero-order valence-electron chi connectivity index (χ0n) is 9.49. The minimum Gasteiger partial charge on any atom is -0.507 e. The highest BCUT2D eigenvalue weighted by Crippen LogP contribution is 2.26. The molecule has 0 radical (unpaired) electrons. The molecule has 1 fully saturated rings. The summed E-state index contributed by atoms with van der Waals surface area (Å²) in [4.78, 5) is 11.9. The minimum atomic E-state index is -0.435. The molecular weight excluding hydrogens is 284 g/mol. The molecule has 92 valence electrons. The molecule has 0 aromatic heterocycles. The Bertz CT molecular complexity index is 411. The fourth-order valence-corrected chi connectivity index (χ4v) is 2.43. The van der Waals surface area contributed by atoms with Crippen LogP contribution in [-0.4, -0.2) is 17.2 Å². The number of hydrogen-bond acceptors (Lipinski definition) is 3. The van der Waals surface area contributed by atoms with Gasteiger partial charge in [-0.2, -0.15) is 0 Å². The number of aromatic hydroxyl groups is 1. The van der Waals surface area contributed by atoms with Gasteiger partial charge in [-0.15, -0.1) is 0 Å². The molecule has 0 spiro atoms. The normalized spacial score (nSPS) is 16.8. The topological polar surface area (TPSA) is 46.5 Å². The van der Waals surface area contributed by atoms with Gasteiger partial charge in [0.1, 0.15) is 17.4 Å². The fourth-order valence-electron chi connectivity index (χ4n) is 2.07. The second kappa shape index (κ2) is 5.54. The van der Waals surface area contributed by atoms with Gasteiger partial charge in [0, 0.05) is 4.47 Å². The Hall–Kier alpha value is -1.03. The van der Waals surface area contributed by atoms with Crippen molar-refractivity contribution in [3.63, 3.8) is 0 Å². The number of carbonyl (C=O) groups is 1. The predicted octanol–water partition coefficient (Wildman–Crippen LogP) is 3.64. The molecule has 1 N–H and O–H groups in total. The predicted molar refractivity (Wildman–Crippen MR) is 68.1 cm³/mol. The van der Waals surface area contributed by atoms with Gasteiger partial charge in [-0.05, 0) is 43.9 Å². The first-order valence-electron chi connectivity index (χ1n) is 5.86. The summed E-state index contributed by atoms with van der Waals surface area (Å²) in [6.45, 7) is 0. The van der Waals surface area contributed by atoms with Crippen molar-refractivity contribution in [1.82, 2.24) is 0 Å². The van der Waals surface area contributed by atoms with Crippen LogP contribution in [0.2, 0.25) is 0 Å². The molecule has 0 amide bonds. The fraction of sp³-hybridized carbons (Fsp3) is 0.462. The Morgan fingerprint density at radius 2 is 2.00 bits per heavy atom. The van der Waals surface area contributed by atoms with E-state index in [0.29, 0.717) is 0 Å². The standard InChI is InChI=1S/C13H15BrO3/c14-9-6-7-12(15)11(8-9)13(16)17-10-4-2-1-3-5-10/h6-8,10,15H,1-5H2. The molecular formula is C13H15BrO3. The first-order chi connectivity index (χ1) is 8.16. The molecule has 0 atom stereocenters. The molecule has 0 heterocycles. The van der Waals surface area contributed by atoms with Crippen molar-refractivity contribution in [1.29, 1.82) is 0 Å². The summed E-state index contributed by atoms with van der Waals surface area (Å²) in [5.74, 6) is -0.468. The number of ether oxygens (including phenoxy) is 1. The SMILES string of the molecule is O=C(OC1CCCCC1)c1cc(Br)ccc1O. The molecule has 2 rings (SSSR count). The number of phenols is 1. The molecule has 1 aromatic rings. The van der Waals surface area contributed by atoms with Gasteiger partial charge in [-0.3, -0.25) is 0 Å². The number of benzene rings is 1. The molecule has 0 saturated heterocycles. The smallest absolute Gasteiger partial charge is 0.342 e. The molecule has 1 aromatic carbocycles. The van der Waals surface area contributed by atoms with Gasteiger partial charge >= 0.3 is 5.97 Å². The van der Waals surface area contributed by atoms with Gasteiger partial charge in [0.15, 0.2) is 0 Å². The van der Waals surface area contributed by atoms with Crippen LogP contribution in [0.15, 0.2) is 22.7 Å². The van der Waals surface area contributed by atoms with Crippen molar-refractivity contribution < 1.29 is 14.6 Å². The van der Waals surface area contributed by atoms with E-state index in [2.05, 4.69) is 15.9 Å². The molecule has 0 aliphatic heterocycles. The molecule has 1 aliphatic rings. The Morgan fingerprint density at radius 1 is 1.29 bits per heavy atom. The second-order valence-corrected chi connectivity index (χ2v) is 5.24. The van der Waals surface area contributed by atoms with Gasteiger partial charge in [0.05, 0.1) is 0 Å². The second-order valence-electron chi connectivity index (χ2n) is 4.33. The van der Waals surface area contributed by atoms with Crippen LogP contribution >= 0.6 is 15.9 Å². The van der Waals surface area contributed by atoms with Gasteiger partial charge in [-0.25, -0.2) is 4.79 Å². The summed E-state index contributed by atoms with van der Waals surface area (Å²) in [6.07, 6.45) is 5.32. The Labute approximate surface area is 109 Å². The lowest BCUT2D eigenvalue weighted by molar-refractivity contribution is 0.0208. The zero-order valence-corrected chi connectivity index (χ0v) is 11.1. The van der Waals surface area contributed by atoms with Crippen LogP contribution in [0.3, 0.4) is 0 Å². The maximum Gasteiger partial charge on any atom is 0.342 e. The van der Waals surface area contributed by atoms with Crippen LogP contribution in [0, 0.1) is 0 Å². The highest BCUT2D eigenvalue weighted by molar-refractivity contribution is 9.10. The van der Waals surface area contributed by atoms with Gasteiger partial charge in [0.2, 0.25) is 0 Å². The van der Waals surface area contributed by atoms with E-state index in [1.165, 1.54) is 12.5 Å². The van der Waals surface area contributed by atoms with Crippen LogP contribution in [0.1, 0.15) is 42.5 Å². The number of esters is 1. The molecule has 1 saturated carbocycles. The summed E-state index contributed by atoms with van der Waals surface area (Å²) < 4.78 is 6.15. The Kier molecular flexibility index (Phi) is 4.05. The summed E-state index contributed by atoms with van der Waals surface area (Å²) in [6, 6.07) is 4.76. The quantitative estimate of drug-likeness (QED) is 0.848. The van der Waals surface area contributed by atoms with Crippen molar-refractivity contribution in [2.24, 2.45) is 0 Å². The van der Waals surface area contributed by atoms with Crippen molar-refractivity contribution in [2.75, 3.05) is 0 Å². The average Bonchev–Trinajstić information content (AvgIpc) is 2.33. The summed E-state index contributed by atoms with van der Waals surface area (Å²) in [5.41, 5.74) is 0.227. The van der Waals surface area contributed by atoms with E-state index < -0.39 is 5.97 Å². The third-order valence-corrected chi connectivity index (χ3v) is 3.50. The lowest BCUT2D eigenvalue weighted by atomic mass is 9.98. The monoisotopic (exact) mass is 298 g/mol. The lowest BCUT2D eigenvalue weighted by Gasteiger charge is -2.21. The van der Waals surface area contributed by atoms with E-state index in [1.54, 1.807) is 12.1 Å². The lowest BCUT2D eigenvalue weighted by Crippen LogP contribution is -2.20. The van der Waals surface area contributed by atoms with E-state index >= 15 is 0 Å². The van der Waals surface area contributed by atoms with Crippen molar-refractivity contribution in [3.8, 4) is 5.75 Å². The molecule has 0 unspecified atom stereocenters. The molecule has 0 bridgehead atoms. The van der Waals surface area contributed by atoms with E-state index in [-0.39, 0.29) is 17.4 Å². The van der Waals surface area contributed by atoms with Crippen molar-refractivity contribution in [3.05, 3.63) is 28.2 Å². The van der Waals surface area contributed by atoms with Gasteiger partial charge < -0.3 is 9.84 Å². The highest BCUT2D eigenvalue weighted by Gasteiger charge is 2.20. The van der Waals surface area contributed by atoms with Gasteiger partial charge in [-0.1, -0.05) is 22.4 Å².